The Morgan fingerprint density at radius 2 is 1.94 bits per heavy atom. The summed E-state index contributed by atoms with van der Waals surface area (Å²) in [6.07, 6.45) is 4.57. The van der Waals surface area contributed by atoms with Crippen molar-refractivity contribution in [2.45, 2.75) is 26.3 Å². The Kier molecular flexibility index (Phi) is 4.04. The molecule has 3 nitrogen and oxygen atoms in total. The predicted molar refractivity (Wildman–Crippen MR) is 75.0 cm³/mol. The minimum atomic E-state index is 0.00294. The zero-order valence-corrected chi connectivity index (χ0v) is 11.4. The molecule has 1 aromatic carbocycles. The lowest BCUT2D eigenvalue weighted by atomic mass is 10.0. The number of nitrogens with zero attached hydrogens (tertiary/aromatic N) is 2. The summed E-state index contributed by atoms with van der Waals surface area (Å²) in [7, 11) is 0. The van der Waals surface area contributed by atoms with Crippen molar-refractivity contribution in [3.8, 4) is 5.69 Å². The van der Waals surface area contributed by atoms with Crippen molar-refractivity contribution < 1.29 is 0 Å². The van der Waals surface area contributed by atoms with Crippen LogP contribution in [0.25, 0.3) is 5.69 Å². The van der Waals surface area contributed by atoms with Crippen molar-refractivity contribution in [3.05, 3.63) is 47.5 Å². The summed E-state index contributed by atoms with van der Waals surface area (Å²) in [6, 6.07) is 7.68. The largest absolute Gasteiger partial charge is 0.323 e. The highest BCUT2D eigenvalue weighted by atomic mass is 35.5. The van der Waals surface area contributed by atoms with Crippen molar-refractivity contribution in [2.75, 3.05) is 0 Å². The maximum absolute atomic E-state index is 6.22. The lowest BCUT2D eigenvalue weighted by molar-refractivity contribution is 0.498. The summed E-state index contributed by atoms with van der Waals surface area (Å²) in [5.74, 6) is 0.563. The third-order valence-corrected chi connectivity index (χ3v) is 3.13. The van der Waals surface area contributed by atoms with Crippen LogP contribution in [0.3, 0.4) is 0 Å². The number of benzene rings is 1. The molecule has 0 saturated heterocycles. The molecule has 0 aliphatic carbocycles. The molecular weight excluding hydrogens is 246 g/mol. The Hall–Kier alpha value is -1.32. The van der Waals surface area contributed by atoms with Gasteiger partial charge < -0.3 is 10.3 Å². The molecule has 2 aromatic rings. The Balaban J connectivity index is 2.29. The molecule has 0 radical (unpaired) electrons. The van der Waals surface area contributed by atoms with E-state index in [4.69, 9.17) is 17.3 Å². The first-order valence-electron chi connectivity index (χ1n) is 6.11. The molecule has 1 aromatic heterocycles. The predicted octanol–water partition coefficient (Wildman–Crippen LogP) is 3.57. The monoisotopic (exact) mass is 263 g/mol. The summed E-state index contributed by atoms with van der Waals surface area (Å²) in [4.78, 5) is 4.20. The maximum Gasteiger partial charge on any atom is 0.0994 e. The smallest absolute Gasteiger partial charge is 0.0994 e. The number of aromatic nitrogens is 2. The lowest BCUT2D eigenvalue weighted by Crippen LogP contribution is -2.16. The van der Waals surface area contributed by atoms with Crippen LogP contribution in [-0.4, -0.2) is 9.55 Å². The molecule has 1 atom stereocenters. The first kappa shape index (κ1) is 13.1. The van der Waals surface area contributed by atoms with Gasteiger partial charge in [-0.25, -0.2) is 4.98 Å². The van der Waals surface area contributed by atoms with E-state index in [0.29, 0.717) is 5.92 Å². The van der Waals surface area contributed by atoms with E-state index in [1.165, 1.54) is 0 Å². The van der Waals surface area contributed by atoms with Crippen LogP contribution in [0.1, 0.15) is 32.0 Å². The van der Waals surface area contributed by atoms with Crippen LogP contribution in [-0.2, 0) is 0 Å². The standard InChI is InChI=1S/C14H18ClN3/c1-10(2)7-13(16)14-8-17-9-18(14)12-5-3-11(15)4-6-12/h3-6,8-10,13H,7,16H2,1-2H3. The van der Waals surface area contributed by atoms with Crippen molar-refractivity contribution in [2.24, 2.45) is 11.7 Å². The summed E-state index contributed by atoms with van der Waals surface area (Å²) in [6.45, 7) is 4.34. The van der Waals surface area contributed by atoms with Crippen molar-refractivity contribution >= 4 is 11.6 Å². The van der Waals surface area contributed by atoms with E-state index in [1.807, 2.05) is 35.0 Å². The lowest BCUT2D eigenvalue weighted by Gasteiger charge is -2.16. The molecule has 18 heavy (non-hydrogen) atoms. The minimum absolute atomic E-state index is 0.00294. The maximum atomic E-state index is 6.22. The van der Waals surface area contributed by atoms with Crippen molar-refractivity contribution in [1.29, 1.82) is 0 Å². The number of hydrogen-bond donors (Lipinski definition) is 1. The van der Waals surface area contributed by atoms with Gasteiger partial charge in [-0.2, -0.15) is 0 Å². The molecule has 0 bridgehead atoms. The SMILES string of the molecule is CC(C)CC(N)c1cncn1-c1ccc(Cl)cc1. The van der Waals surface area contributed by atoms with Crippen LogP contribution in [0.15, 0.2) is 36.8 Å². The van der Waals surface area contributed by atoms with Gasteiger partial charge in [-0.3, -0.25) is 0 Å². The van der Waals surface area contributed by atoms with E-state index in [9.17, 15) is 0 Å². The summed E-state index contributed by atoms with van der Waals surface area (Å²) < 4.78 is 2.02. The van der Waals surface area contributed by atoms with Gasteiger partial charge in [0.1, 0.15) is 0 Å². The summed E-state index contributed by atoms with van der Waals surface area (Å²) in [5, 5.41) is 0.729. The van der Waals surface area contributed by atoms with Gasteiger partial charge in [-0.15, -0.1) is 0 Å². The van der Waals surface area contributed by atoms with Gasteiger partial charge in [-0.1, -0.05) is 25.4 Å². The van der Waals surface area contributed by atoms with Crippen molar-refractivity contribution in [3.63, 3.8) is 0 Å². The van der Waals surface area contributed by atoms with Crippen LogP contribution in [0.5, 0.6) is 0 Å². The molecule has 0 fully saturated rings. The van der Waals surface area contributed by atoms with Crippen LogP contribution in [0.4, 0.5) is 0 Å². The van der Waals surface area contributed by atoms with Crippen LogP contribution in [0.2, 0.25) is 5.02 Å². The average molecular weight is 264 g/mol. The molecule has 0 saturated carbocycles. The van der Waals surface area contributed by atoms with Gasteiger partial charge in [0, 0.05) is 16.8 Å². The fraction of sp³-hybridized carbons (Fsp3) is 0.357. The number of imidazole rings is 1. The zero-order valence-electron chi connectivity index (χ0n) is 10.7. The number of rotatable bonds is 4. The second kappa shape index (κ2) is 5.55. The second-order valence-corrected chi connectivity index (χ2v) is 5.34. The fourth-order valence-electron chi connectivity index (χ4n) is 2.03. The quantitative estimate of drug-likeness (QED) is 0.916. The van der Waals surface area contributed by atoms with Gasteiger partial charge in [-0.05, 0) is 36.6 Å². The van der Waals surface area contributed by atoms with E-state index in [0.717, 1.165) is 22.8 Å². The molecule has 1 unspecified atom stereocenters. The highest BCUT2D eigenvalue weighted by Crippen LogP contribution is 2.22. The Bertz CT molecular complexity index is 502. The van der Waals surface area contributed by atoms with E-state index in [1.54, 1.807) is 6.33 Å². The van der Waals surface area contributed by atoms with Gasteiger partial charge in [0.15, 0.2) is 0 Å². The molecule has 1 heterocycles. The number of nitrogens with two attached hydrogens (primary N) is 1. The molecular formula is C14H18ClN3. The highest BCUT2D eigenvalue weighted by Gasteiger charge is 2.14. The van der Waals surface area contributed by atoms with Gasteiger partial charge >= 0.3 is 0 Å². The topological polar surface area (TPSA) is 43.8 Å². The summed E-state index contributed by atoms with van der Waals surface area (Å²) >= 11 is 5.89. The Morgan fingerprint density at radius 1 is 1.28 bits per heavy atom. The molecule has 0 aliphatic rings. The average Bonchev–Trinajstić information content (AvgIpc) is 2.78. The van der Waals surface area contributed by atoms with E-state index >= 15 is 0 Å². The second-order valence-electron chi connectivity index (χ2n) is 4.90. The van der Waals surface area contributed by atoms with Crippen molar-refractivity contribution in [1.82, 2.24) is 9.55 Å². The Morgan fingerprint density at radius 3 is 2.56 bits per heavy atom. The third-order valence-electron chi connectivity index (χ3n) is 2.88. The third kappa shape index (κ3) is 2.92. The molecule has 4 heteroatoms. The first-order valence-corrected chi connectivity index (χ1v) is 6.49. The molecule has 96 valence electrons. The zero-order chi connectivity index (χ0) is 13.1. The van der Waals surface area contributed by atoms with Crippen LogP contribution >= 0.6 is 11.6 Å². The first-order chi connectivity index (χ1) is 8.58. The van der Waals surface area contributed by atoms with E-state index < -0.39 is 0 Å². The normalized spacial score (nSPS) is 12.9. The van der Waals surface area contributed by atoms with Crippen LogP contribution < -0.4 is 5.73 Å². The Labute approximate surface area is 113 Å². The molecule has 0 aliphatic heterocycles. The van der Waals surface area contributed by atoms with Crippen LogP contribution in [0, 0.1) is 5.92 Å². The number of hydrogen-bond acceptors (Lipinski definition) is 2. The molecule has 0 amide bonds. The minimum Gasteiger partial charge on any atom is -0.323 e. The molecule has 2 rings (SSSR count). The summed E-state index contributed by atoms with van der Waals surface area (Å²) in [5.41, 5.74) is 8.29. The molecule has 2 N–H and O–H groups in total. The fourth-order valence-corrected chi connectivity index (χ4v) is 2.15. The van der Waals surface area contributed by atoms with Gasteiger partial charge in [0.25, 0.3) is 0 Å². The molecule has 0 spiro atoms. The van der Waals surface area contributed by atoms with Gasteiger partial charge in [0.2, 0.25) is 0 Å². The number of halogens is 1. The van der Waals surface area contributed by atoms with E-state index in [2.05, 4.69) is 18.8 Å². The van der Waals surface area contributed by atoms with E-state index in [-0.39, 0.29) is 6.04 Å². The van der Waals surface area contributed by atoms with Gasteiger partial charge in [0.05, 0.1) is 18.2 Å². The highest BCUT2D eigenvalue weighted by molar-refractivity contribution is 6.30.